The third kappa shape index (κ3) is 4.05. The highest BCUT2D eigenvalue weighted by Gasteiger charge is 2.23. The molecule has 1 aliphatic rings. The zero-order chi connectivity index (χ0) is 12.3. The molecule has 1 saturated heterocycles. The Kier molecular flexibility index (Phi) is 6.29. The van der Waals surface area contributed by atoms with Gasteiger partial charge in [0, 0.05) is 16.7 Å². The first kappa shape index (κ1) is 15.6. The van der Waals surface area contributed by atoms with Gasteiger partial charge in [0.15, 0.2) is 0 Å². The lowest BCUT2D eigenvalue weighted by Gasteiger charge is -2.17. The van der Waals surface area contributed by atoms with Crippen molar-refractivity contribution in [1.82, 2.24) is 10.6 Å². The lowest BCUT2D eigenvalue weighted by molar-refractivity contribution is -0.123. The fraction of sp³-hybridized carbons (Fsp3) is 0.417. The Morgan fingerprint density at radius 2 is 2.39 bits per heavy atom. The topological polar surface area (TPSA) is 41.1 Å². The Hall–Kier alpha value is -0.420. The molecule has 1 aromatic carbocycles. The summed E-state index contributed by atoms with van der Waals surface area (Å²) in [5, 5.41) is 6.83. The highest BCUT2D eigenvalue weighted by Crippen LogP contribution is 2.18. The molecule has 1 amide bonds. The quantitative estimate of drug-likeness (QED) is 0.902. The van der Waals surface area contributed by atoms with E-state index < -0.39 is 0 Å². The number of halogens is 2. The molecule has 2 atom stereocenters. The number of hydrogen-bond acceptors (Lipinski definition) is 3. The summed E-state index contributed by atoms with van der Waals surface area (Å²) in [7, 11) is 0. The van der Waals surface area contributed by atoms with Crippen molar-refractivity contribution in [2.24, 2.45) is 0 Å². The van der Waals surface area contributed by atoms with E-state index in [1.807, 2.05) is 31.2 Å². The van der Waals surface area contributed by atoms with Gasteiger partial charge in [0.05, 0.1) is 12.1 Å². The molecule has 0 aromatic heterocycles. The number of carbonyl (C=O) groups is 1. The van der Waals surface area contributed by atoms with Crippen LogP contribution >= 0.6 is 35.8 Å². The summed E-state index contributed by atoms with van der Waals surface area (Å²) < 4.78 is 0. The van der Waals surface area contributed by atoms with E-state index in [0.717, 1.165) is 17.2 Å². The SMILES string of the molecule is CC(NC(=O)C1CSCN1)c1cccc(Cl)c1.Cl. The number of hydrogen-bond donors (Lipinski definition) is 2. The average molecular weight is 307 g/mol. The van der Waals surface area contributed by atoms with Gasteiger partial charge in [-0.2, -0.15) is 0 Å². The monoisotopic (exact) mass is 306 g/mol. The summed E-state index contributed by atoms with van der Waals surface area (Å²) in [5.74, 6) is 1.75. The maximum Gasteiger partial charge on any atom is 0.238 e. The standard InChI is InChI=1S/C12H15ClN2OS.ClH/c1-8(9-3-2-4-10(13)5-9)15-12(16)11-6-17-7-14-11;/h2-5,8,11,14H,6-7H2,1H3,(H,15,16);1H. The molecule has 1 heterocycles. The number of thioether (sulfide) groups is 1. The van der Waals surface area contributed by atoms with Crippen molar-refractivity contribution in [2.75, 3.05) is 11.6 Å². The van der Waals surface area contributed by atoms with E-state index in [0.29, 0.717) is 5.02 Å². The van der Waals surface area contributed by atoms with E-state index >= 15 is 0 Å². The number of rotatable bonds is 3. The summed E-state index contributed by atoms with van der Waals surface area (Å²) >= 11 is 7.67. The minimum atomic E-state index is -0.0679. The molecule has 0 bridgehead atoms. The second-order valence-electron chi connectivity index (χ2n) is 4.06. The van der Waals surface area contributed by atoms with Crippen LogP contribution in [0, 0.1) is 0 Å². The van der Waals surface area contributed by atoms with Gasteiger partial charge >= 0.3 is 0 Å². The highest BCUT2D eigenvalue weighted by molar-refractivity contribution is 7.99. The van der Waals surface area contributed by atoms with Crippen LogP contribution in [0.15, 0.2) is 24.3 Å². The fourth-order valence-electron chi connectivity index (χ4n) is 1.74. The molecule has 2 unspecified atom stereocenters. The molecular formula is C12H16Cl2N2OS. The molecule has 100 valence electrons. The first-order valence-electron chi connectivity index (χ1n) is 5.54. The van der Waals surface area contributed by atoms with Crippen molar-refractivity contribution in [2.45, 2.75) is 19.0 Å². The lowest BCUT2D eigenvalue weighted by atomic mass is 10.1. The first-order chi connectivity index (χ1) is 8.16. The van der Waals surface area contributed by atoms with E-state index in [-0.39, 0.29) is 30.4 Å². The average Bonchev–Trinajstić information content (AvgIpc) is 2.82. The largest absolute Gasteiger partial charge is 0.348 e. The Labute approximate surface area is 122 Å². The van der Waals surface area contributed by atoms with Crippen LogP contribution in [0.1, 0.15) is 18.5 Å². The molecule has 0 saturated carbocycles. The third-order valence-electron chi connectivity index (χ3n) is 2.74. The van der Waals surface area contributed by atoms with Crippen LogP contribution in [0.5, 0.6) is 0 Å². The highest BCUT2D eigenvalue weighted by atomic mass is 35.5. The lowest BCUT2D eigenvalue weighted by Crippen LogP contribution is -2.42. The fourth-order valence-corrected chi connectivity index (χ4v) is 2.88. The van der Waals surface area contributed by atoms with Crippen molar-refractivity contribution in [3.63, 3.8) is 0 Å². The Bertz CT molecular complexity index is 411. The van der Waals surface area contributed by atoms with Gasteiger partial charge in [0.25, 0.3) is 0 Å². The van der Waals surface area contributed by atoms with E-state index in [9.17, 15) is 4.79 Å². The summed E-state index contributed by atoms with van der Waals surface area (Å²) in [6.45, 7) is 1.96. The van der Waals surface area contributed by atoms with E-state index in [4.69, 9.17) is 11.6 Å². The van der Waals surface area contributed by atoms with Crippen LogP contribution in [0.2, 0.25) is 5.02 Å². The van der Waals surface area contributed by atoms with Crippen molar-refractivity contribution in [3.05, 3.63) is 34.9 Å². The minimum absolute atomic E-state index is 0. The Morgan fingerprint density at radius 1 is 1.61 bits per heavy atom. The van der Waals surface area contributed by atoms with Gasteiger partial charge in [-0.3, -0.25) is 10.1 Å². The molecule has 1 aromatic rings. The molecular weight excluding hydrogens is 291 g/mol. The molecule has 3 nitrogen and oxygen atoms in total. The Morgan fingerprint density at radius 3 is 3.00 bits per heavy atom. The summed E-state index contributed by atoms with van der Waals surface area (Å²) in [5.41, 5.74) is 1.02. The van der Waals surface area contributed by atoms with Gasteiger partial charge < -0.3 is 5.32 Å². The summed E-state index contributed by atoms with van der Waals surface area (Å²) in [6, 6.07) is 7.48. The van der Waals surface area contributed by atoms with Gasteiger partial charge in [-0.05, 0) is 24.6 Å². The molecule has 0 radical (unpaired) electrons. The van der Waals surface area contributed by atoms with Crippen LogP contribution in [0.3, 0.4) is 0 Å². The van der Waals surface area contributed by atoms with Gasteiger partial charge in [-0.25, -0.2) is 0 Å². The van der Waals surface area contributed by atoms with Gasteiger partial charge in [-0.15, -0.1) is 24.2 Å². The number of benzene rings is 1. The number of nitrogens with one attached hydrogen (secondary N) is 2. The minimum Gasteiger partial charge on any atom is -0.348 e. The summed E-state index contributed by atoms with van der Waals surface area (Å²) in [4.78, 5) is 11.9. The van der Waals surface area contributed by atoms with Gasteiger partial charge in [-0.1, -0.05) is 23.7 Å². The molecule has 1 fully saturated rings. The van der Waals surface area contributed by atoms with Crippen molar-refractivity contribution in [3.8, 4) is 0 Å². The molecule has 0 aliphatic carbocycles. The first-order valence-corrected chi connectivity index (χ1v) is 7.07. The zero-order valence-electron chi connectivity index (χ0n) is 9.98. The molecule has 6 heteroatoms. The Balaban J connectivity index is 0.00000162. The van der Waals surface area contributed by atoms with Gasteiger partial charge in [0.2, 0.25) is 5.91 Å². The maximum absolute atomic E-state index is 11.9. The molecule has 0 spiro atoms. The summed E-state index contributed by atoms with van der Waals surface area (Å²) in [6.07, 6.45) is 0. The molecule has 18 heavy (non-hydrogen) atoms. The smallest absolute Gasteiger partial charge is 0.238 e. The maximum atomic E-state index is 11.9. The van der Waals surface area contributed by atoms with Crippen LogP contribution in [-0.2, 0) is 4.79 Å². The van der Waals surface area contributed by atoms with Crippen molar-refractivity contribution >= 4 is 41.7 Å². The number of carbonyl (C=O) groups excluding carboxylic acids is 1. The molecule has 2 rings (SSSR count). The number of amides is 1. The van der Waals surface area contributed by atoms with Crippen LogP contribution in [0.4, 0.5) is 0 Å². The zero-order valence-corrected chi connectivity index (χ0v) is 12.4. The van der Waals surface area contributed by atoms with E-state index in [1.54, 1.807) is 11.8 Å². The second kappa shape index (κ2) is 7.24. The third-order valence-corrected chi connectivity index (χ3v) is 3.92. The van der Waals surface area contributed by atoms with E-state index in [2.05, 4.69) is 10.6 Å². The predicted octanol–water partition coefficient (Wildman–Crippen LogP) is 2.60. The predicted molar refractivity (Wildman–Crippen MR) is 79.5 cm³/mol. The van der Waals surface area contributed by atoms with Crippen LogP contribution in [-0.4, -0.2) is 23.6 Å². The normalized spacial score (nSPS) is 20.0. The van der Waals surface area contributed by atoms with Crippen LogP contribution in [0.25, 0.3) is 0 Å². The van der Waals surface area contributed by atoms with Crippen molar-refractivity contribution < 1.29 is 4.79 Å². The van der Waals surface area contributed by atoms with Gasteiger partial charge in [0.1, 0.15) is 0 Å². The van der Waals surface area contributed by atoms with Crippen LogP contribution < -0.4 is 10.6 Å². The van der Waals surface area contributed by atoms with Crippen molar-refractivity contribution in [1.29, 1.82) is 0 Å². The molecule has 1 aliphatic heterocycles. The van der Waals surface area contributed by atoms with E-state index in [1.165, 1.54) is 0 Å². The molecule has 2 N–H and O–H groups in total. The second-order valence-corrected chi connectivity index (χ2v) is 5.52.